The van der Waals surface area contributed by atoms with Gasteiger partial charge in [-0.1, -0.05) is 0 Å². The van der Waals surface area contributed by atoms with Crippen LogP contribution in [0.5, 0.6) is 0 Å². The smallest absolute Gasteiger partial charge is 0.407 e. The second-order valence-electron chi connectivity index (χ2n) is 6.34. The van der Waals surface area contributed by atoms with Gasteiger partial charge in [0.15, 0.2) is 0 Å². The lowest BCUT2D eigenvalue weighted by Gasteiger charge is -2.19. The summed E-state index contributed by atoms with van der Waals surface area (Å²) in [7, 11) is 0. The molecule has 0 fully saturated rings. The highest BCUT2D eigenvalue weighted by atomic mass is 16.6. The van der Waals surface area contributed by atoms with Crippen molar-refractivity contribution in [1.29, 1.82) is 0 Å². The van der Waals surface area contributed by atoms with Crippen LogP contribution in [0.1, 0.15) is 32.9 Å². The van der Waals surface area contributed by atoms with Gasteiger partial charge in [-0.15, -0.1) is 0 Å². The summed E-state index contributed by atoms with van der Waals surface area (Å²) in [5, 5.41) is 2.63. The molecular weight excluding hydrogens is 310 g/mol. The number of ether oxygens (including phenoxy) is 3. The zero-order valence-corrected chi connectivity index (χ0v) is 14.8. The number of rotatable bonds is 10. The van der Waals surface area contributed by atoms with Gasteiger partial charge in [0, 0.05) is 18.8 Å². The number of hydrogen-bond donors (Lipinski definition) is 2. The van der Waals surface area contributed by atoms with Crippen molar-refractivity contribution in [3.63, 3.8) is 0 Å². The van der Waals surface area contributed by atoms with Crippen LogP contribution in [0.4, 0.5) is 10.5 Å². The van der Waals surface area contributed by atoms with Crippen molar-refractivity contribution in [2.75, 3.05) is 38.7 Å². The highest BCUT2D eigenvalue weighted by Gasteiger charge is 2.15. The van der Waals surface area contributed by atoms with Crippen LogP contribution >= 0.6 is 0 Å². The third-order valence-corrected chi connectivity index (χ3v) is 2.86. The molecule has 1 heterocycles. The van der Waals surface area contributed by atoms with E-state index in [1.165, 1.54) is 0 Å². The van der Waals surface area contributed by atoms with Crippen molar-refractivity contribution in [2.45, 2.75) is 39.2 Å². The van der Waals surface area contributed by atoms with E-state index in [0.717, 1.165) is 18.5 Å². The van der Waals surface area contributed by atoms with Gasteiger partial charge in [-0.05, 0) is 45.7 Å². The first-order valence-corrected chi connectivity index (χ1v) is 8.19. The van der Waals surface area contributed by atoms with Crippen LogP contribution in [-0.2, 0) is 20.6 Å². The number of carbonyl (C=O) groups excluding carboxylic acids is 1. The maximum absolute atomic E-state index is 11.4. The molecule has 0 saturated heterocycles. The van der Waals surface area contributed by atoms with Gasteiger partial charge in [0.1, 0.15) is 5.60 Å². The molecular formula is C17H29N3O4. The first-order chi connectivity index (χ1) is 11.4. The van der Waals surface area contributed by atoms with E-state index in [1.54, 1.807) is 6.20 Å². The van der Waals surface area contributed by atoms with E-state index in [0.29, 0.717) is 38.7 Å². The van der Waals surface area contributed by atoms with Crippen LogP contribution in [0, 0.1) is 0 Å². The number of nitrogen functional groups attached to an aromatic ring is 1. The van der Waals surface area contributed by atoms with Crippen LogP contribution in [0.3, 0.4) is 0 Å². The Bertz CT molecular complexity index is 472. The second kappa shape index (κ2) is 10.8. The van der Waals surface area contributed by atoms with Crippen LogP contribution in [0.15, 0.2) is 18.3 Å². The zero-order chi connectivity index (χ0) is 17.8. The van der Waals surface area contributed by atoms with Gasteiger partial charge < -0.3 is 25.3 Å². The standard InChI is InChI=1S/C17H29N3O4/c1-17(2,3)24-16(21)19-8-10-23-12-11-22-9-4-5-15-7-6-14(18)13-20-15/h6-7,13H,4-5,8-12,18H2,1-3H3,(H,19,21). The van der Waals surface area contributed by atoms with Gasteiger partial charge in [-0.25, -0.2) is 4.79 Å². The van der Waals surface area contributed by atoms with Crippen molar-refractivity contribution in [2.24, 2.45) is 0 Å². The summed E-state index contributed by atoms with van der Waals surface area (Å²) in [5.41, 5.74) is 6.78. The number of nitrogens with zero attached hydrogens (tertiary/aromatic N) is 1. The number of aromatic nitrogens is 1. The number of amides is 1. The molecule has 7 heteroatoms. The predicted molar refractivity (Wildman–Crippen MR) is 92.8 cm³/mol. The molecule has 1 aromatic heterocycles. The number of carbonyl (C=O) groups is 1. The summed E-state index contributed by atoms with van der Waals surface area (Å²) in [6.07, 6.45) is 2.99. The van der Waals surface area contributed by atoms with E-state index in [9.17, 15) is 4.79 Å². The van der Waals surface area contributed by atoms with Crippen molar-refractivity contribution in [3.05, 3.63) is 24.0 Å². The second-order valence-corrected chi connectivity index (χ2v) is 6.34. The number of alkyl carbamates (subject to hydrolysis) is 1. The van der Waals surface area contributed by atoms with E-state index in [4.69, 9.17) is 19.9 Å². The van der Waals surface area contributed by atoms with E-state index in [1.807, 2.05) is 32.9 Å². The SMILES string of the molecule is CC(C)(C)OC(=O)NCCOCCOCCCc1ccc(N)cn1. The number of nitrogens with two attached hydrogens (primary N) is 1. The molecule has 7 nitrogen and oxygen atoms in total. The fraction of sp³-hybridized carbons (Fsp3) is 0.647. The Balaban J connectivity index is 1.88. The molecule has 0 radical (unpaired) electrons. The Kier molecular flexibility index (Phi) is 9.11. The number of anilines is 1. The number of nitrogens with one attached hydrogen (secondary N) is 1. The maximum atomic E-state index is 11.4. The Hall–Kier alpha value is -1.86. The van der Waals surface area contributed by atoms with Crippen molar-refractivity contribution in [3.8, 4) is 0 Å². The fourth-order valence-corrected chi connectivity index (χ4v) is 1.80. The molecule has 136 valence electrons. The molecule has 3 N–H and O–H groups in total. The lowest BCUT2D eigenvalue weighted by molar-refractivity contribution is 0.0394. The van der Waals surface area contributed by atoms with Crippen molar-refractivity contribution >= 4 is 11.8 Å². The molecule has 24 heavy (non-hydrogen) atoms. The average molecular weight is 339 g/mol. The van der Waals surface area contributed by atoms with Gasteiger partial charge in [0.2, 0.25) is 0 Å². The highest BCUT2D eigenvalue weighted by Crippen LogP contribution is 2.06. The van der Waals surface area contributed by atoms with E-state index >= 15 is 0 Å². The van der Waals surface area contributed by atoms with Crippen LogP contribution in [0.25, 0.3) is 0 Å². The summed E-state index contributed by atoms with van der Waals surface area (Å²) >= 11 is 0. The molecule has 0 aliphatic carbocycles. The quantitative estimate of drug-likeness (QED) is 0.634. The maximum Gasteiger partial charge on any atom is 0.407 e. The first-order valence-electron chi connectivity index (χ1n) is 8.19. The van der Waals surface area contributed by atoms with Crippen LogP contribution < -0.4 is 11.1 Å². The summed E-state index contributed by atoms with van der Waals surface area (Å²) in [4.78, 5) is 15.6. The van der Waals surface area contributed by atoms with Crippen LogP contribution in [0.2, 0.25) is 0 Å². The van der Waals surface area contributed by atoms with Crippen LogP contribution in [-0.4, -0.2) is 49.7 Å². The molecule has 0 spiro atoms. The minimum atomic E-state index is -0.485. The molecule has 0 unspecified atom stereocenters. The summed E-state index contributed by atoms with van der Waals surface area (Å²) in [6.45, 7) is 8.00. The minimum absolute atomic E-state index is 0.414. The van der Waals surface area contributed by atoms with Gasteiger partial charge in [-0.2, -0.15) is 0 Å². The molecule has 0 aliphatic rings. The predicted octanol–water partition coefficient (Wildman–Crippen LogP) is 2.15. The van der Waals surface area contributed by atoms with Gasteiger partial charge in [-0.3, -0.25) is 4.98 Å². The van der Waals surface area contributed by atoms with Crippen molar-refractivity contribution in [1.82, 2.24) is 10.3 Å². The third-order valence-electron chi connectivity index (χ3n) is 2.86. The van der Waals surface area contributed by atoms with E-state index < -0.39 is 11.7 Å². The lowest BCUT2D eigenvalue weighted by Crippen LogP contribution is -2.34. The normalized spacial score (nSPS) is 11.3. The fourth-order valence-electron chi connectivity index (χ4n) is 1.80. The molecule has 1 aromatic rings. The summed E-state index contributed by atoms with van der Waals surface area (Å²) < 4.78 is 16.0. The lowest BCUT2D eigenvalue weighted by atomic mass is 10.2. The first kappa shape index (κ1) is 20.2. The Morgan fingerprint density at radius 3 is 2.50 bits per heavy atom. The molecule has 0 bridgehead atoms. The number of aryl methyl sites for hydroxylation is 1. The highest BCUT2D eigenvalue weighted by molar-refractivity contribution is 5.67. The minimum Gasteiger partial charge on any atom is -0.444 e. The van der Waals surface area contributed by atoms with Gasteiger partial charge in [0.05, 0.1) is 31.7 Å². The molecule has 0 aromatic carbocycles. The van der Waals surface area contributed by atoms with Gasteiger partial charge >= 0.3 is 6.09 Å². The number of pyridine rings is 1. The Morgan fingerprint density at radius 2 is 1.88 bits per heavy atom. The zero-order valence-electron chi connectivity index (χ0n) is 14.8. The van der Waals surface area contributed by atoms with Gasteiger partial charge in [0.25, 0.3) is 0 Å². The molecule has 0 aliphatic heterocycles. The average Bonchev–Trinajstić information content (AvgIpc) is 2.49. The molecule has 1 amide bonds. The third kappa shape index (κ3) is 10.8. The number of hydrogen-bond acceptors (Lipinski definition) is 6. The monoisotopic (exact) mass is 339 g/mol. The van der Waals surface area contributed by atoms with E-state index in [2.05, 4.69) is 10.3 Å². The summed E-state index contributed by atoms with van der Waals surface area (Å²) in [6, 6.07) is 3.78. The summed E-state index contributed by atoms with van der Waals surface area (Å²) in [5.74, 6) is 0. The topological polar surface area (TPSA) is 95.7 Å². The Morgan fingerprint density at radius 1 is 1.17 bits per heavy atom. The largest absolute Gasteiger partial charge is 0.444 e. The molecule has 0 atom stereocenters. The molecule has 1 rings (SSSR count). The molecule has 0 saturated carbocycles. The van der Waals surface area contributed by atoms with E-state index in [-0.39, 0.29) is 0 Å². The Labute approximate surface area is 143 Å². The van der Waals surface area contributed by atoms with Crippen molar-refractivity contribution < 1.29 is 19.0 Å².